The molecule has 0 heterocycles. The van der Waals surface area contributed by atoms with Crippen molar-refractivity contribution in [2.24, 2.45) is 5.41 Å². The van der Waals surface area contributed by atoms with Crippen molar-refractivity contribution in [1.82, 2.24) is 5.09 Å². The molecule has 9 heteroatoms. The topological polar surface area (TPSA) is 100 Å². The highest BCUT2D eigenvalue weighted by Gasteiger charge is 2.33. The Kier molecular flexibility index (Phi) is 10.4. The van der Waals surface area contributed by atoms with Crippen molar-refractivity contribution in [3.8, 4) is 5.75 Å². The van der Waals surface area contributed by atoms with Crippen LogP contribution in [0, 0.1) is 5.41 Å². The second-order valence-corrected chi connectivity index (χ2v) is 11.4. The third-order valence-corrected chi connectivity index (χ3v) is 6.46. The van der Waals surface area contributed by atoms with Crippen LogP contribution in [0.5, 0.6) is 5.75 Å². The number of para-hydroxylation sites is 1. The number of esters is 2. The van der Waals surface area contributed by atoms with E-state index in [1.54, 1.807) is 20.8 Å². The van der Waals surface area contributed by atoms with Crippen molar-refractivity contribution in [3.05, 3.63) is 29.3 Å². The molecule has 0 bridgehead atoms. The fourth-order valence-corrected chi connectivity index (χ4v) is 4.55. The third-order valence-electron chi connectivity index (χ3n) is 4.61. The standard InChI is InChI=1S/C23H38NO7P/c1-15(2)18-11-10-12-19(16(3)4)20(18)31-32(27,14-28-9)24-17(5)21(25)29-13-30-22(26)23(6,7)8/h10-12,15-17H,13-14H2,1-9H3,(H,24,27). The molecule has 0 aliphatic carbocycles. The van der Waals surface area contributed by atoms with Crippen molar-refractivity contribution in [2.75, 3.05) is 20.3 Å². The summed E-state index contributed by atoms with van der Waals surface area (Å²) in [5, 5.41) is 2.74. The molecule has 0 aromatic heterocycles. The van der Waals surface area contributed by atoms with Crippen LogP contribution in [0.2, 0.25) is 0 Å². The molecule has 0 aliphatic rings. The first-order chi connectivity index (χ1) is 14.7. The van der Waals surface area contributed by atoms with E-state index in [1.165, 1.54) is 14.0 Å². The maximum Gasteiger partial charge on any atom is 0.342 e. The molecule has 1 N–H and O–H groups in total. The lowest BCUT2D eigenvalue weighted by Gasteiger charge is -2.27. The number of nitrogens with one attached hydrogen (secondary N) is 1. The summed E-state index contributed by atoms with van der Waals surface area (Å²) < 4.78 is 34.8. The first-order valence-corrected chi connectivity index (χ1v) is 12.5. The van der Waals surface area contributed by atoms with Crippen molar-refractivity contribution < 1.29 is 32.9 Å². The normalized spacial score (nSPS) is 14.7. The molecule has 1 rings (SSSR count). The largest absolute Gasteiger partial charge is 0.431 e. The van der Waals surface area contributed by atoms with Crippen molar-refractivity contribution >= 4 is 19.5 Å². The highest BCUT2D eigenvalue weighted by atomic mass is 31.2. The van der Waals surface area contributed by atoms with E-state index in [9.17, 15) is 14.2 Å². The van der Waals surface area contributed by atoms with Gasteiger partial charge < -0.3 is 18.7 Å². The van der Waals surface area contributed by atoms with E-state index in [1.807, 2.05) is 45.9 Å². The monoisotopic (exact) mass is 471 g/mol. The third kappa shape index (κ3) is 8.23. The number of carbonyl (C=O) groups excluding carboxylic acids is 2. The molecule has 8 nitrogen and oxygen atoms in total. The molecule has 0 saturated carbocycles. The first-order valence-electron chi connectivity index (χ1n) is 10.7. The summed E-state index contributed by atoms with van der Waals surface area (Å²) >= 11 is 0. The van der Waals surface area contributed by atoms with Gasteiger partial charge in [0.15, 0.2) is 0 Å². The fraction of sp³-hybridized carbons (Fsp3) is 0.652. The Morgan fingerprint density at radius 3 is 1.97 bits per heavy atom. The second kappa shape index (κ2) is 11.8. The van der Waals surface area contributed by atoms with E-state index >= 15 is 0 Å². The Morgan fingerprint density at radius 1 is 1.00 bits per heavy atom. The Morgan fingerprint density at radius 2 is 1.53 bits per heavy atom. The van der Waals surface area contributed by atoms with Crippen LogP contribution in [0.15, 0.2) is 18.2 Å². The van der Waals surface area contributed by atoms with Crippen molar-refractivity contribution in [2.45, 2.75) is 73.3 Å². The van der Waals surface area contributed by atoms with Gasteiger partial charge in [-0.25, -0.2) is 5.09 Å². The molecule has 0 fully saturated rings. The van der Waals surface area contributed by atoms with Crippen LogP contribution in [0.25, 0.3) is 0 Å². The zero-order chi connectivity index (χ0) is 24.7. The van der Waals surface area contributed by atoms with Gasteiger partial charge >= 0.3 is 19.5 Å². The number of benzene rings is 1. The molecular weight excluding hydrogens is 433 g/mol. The number of rotatable bonds is 11. The molecule has 0 aliphatic heterocycles. The number of methoxy groups -OCH3 is 1. The van der Waals surface area contributed by atoms with Gasteiger partial charge in [-0.15, -0.1) is 0 Å². The zero-order valence-corrected chi connectivity index (χ0v) is 21.6. The molecule has 1 aromatic carbocycles. The summed E-state index contributed by atoms with van der Waals surface area (Å²) in [6, 6.07) is 4.83. The average Bonchev–Trinajstić information content (AvgIpc) is 2.66. The van der Waals surface area contributed by atoms with Crippen LogP contribution in [-0.2, 0) is 28.4 Å². The molecule has 182 valence electrons. The first kappa shape index (κ1) is 28.1. The maximum atomic E-state index is 13.6. The van der Waals surface area contributed by atoms with Crippen LogP contribution in [0.3, 0.4) is 0 Å². The number of hydrogen-bond acceptors (Lipinski definition) is 7. The maximum absolute atomic E-state index is 13.6. The molecule has 0 radical (unpaired) electrons. The van der Waals surface area contributed by atoms with Gasteiger partial charge in [-0.05, 0) is 50.7 Å². The summed E-state index contributed by atoms with van der Waals surface area (Å²) in [7, 11) is -2.24. The smallest absolute Gasteiger partial charge is 0.342 e. The summed E-state index contributed by atoms with van der Waals surface area (Å²) in [6.45, 7) is 14.2. The Hall–Kier alpha value is -1.89. The summed E-state index contributed by atoms with van der Waals surface area (Å²) in [5.74, 6) is -0.414. The molecule has 0 spiro atoms. The molecule has 2 unspecified atom stereocenters. The van der Waals surface area contributed by atoms with E-state index in [2.05, 4.69) is 5.09 Å². The quantitative estimate of drug-likeness (QED) is 0.268. The van der Waals surface area contributed by atoms with Gasteiger partial charge in [-0.2, -0.15) is 0 Å². The van der Waals surface area contributed by atoms with Gasteiger partial charge in [0.05, 0.1) is 5.41 Å². The molecule has 0 amide bonds. The van der Waals surface area contributed by atoms with Crippen molar-refractivity contribution in [1.29, 1.82) is 0 Å². The minimum atomic E-state index is -3.64. The minimum Gasteiger partial charge on any atom is -0.431 e. The van der Waals surface area contributed by atoms with E-state index in [4.69, 9.17) is 18.7 Å². The van der Waals surface area contributed by atoms with E-state index in [-0.39, 0.29) is 18.2 Å². The van der Waals surface area contributed by atoms with Crippen LogP contribution >= 0.6 is 7.52 Å². The molecule has 0 saturated heterocycles. The van der Waals surface area contributed by atoms with E-state index < -0.39 is 37.7 Å². The summed E-state index contributed by atoms with van der Waals surface area (Å²) in [5.41, 5.74) is 1.12. The highest BCUT2D eigenvalue weighted by molar-refractivity contribution is 7.57. The van der Waals surface area contributed by atoms with Gasteiger partial charge in [-0.3, -0.25) is 14.2 Å². The van der Waals surface area contributed by atoms with Crippen LogP contribution in [0.4, 0.5) is 0 Å². The minimum absolute atomic E-state index is 0.139. The van der Waals surface area contributed by atoms with Gasteiger partial charge in [0.1, 0.15) is 18.1 Å². The second-order valence-electron chi connectivity index (χ2n) is 9.37. The van der Waals surface area contributed by atoms with Crippen LogP contribution in [0.1, 0.15) is 78.4 Å². The lowest BCUT2D eigenvalue weighted by molar-refractivity contribution is -0.173. The molecule has 2 atom stereocenters. The number of carbonyl (C=O) groups is 2. The fourth-order valence-electron chi connectivity index (χ4n) is 2.83. The predicted molar refractivity (Wildman–Crippen MR) is 124 cm³/mol. The number of ether oxygens (including phenoxy) is 3. The Balaban J connectivity index is 3.00. The van der Waals surface area contributed by atoms with Gasteiger partial charge in [0.25, 0.3) is 0 Å². The zero-order valence-electron chi connectivity index (χ0n) is 20.7. The summed E-state index contributed by atoms with van der Waals surface area (Å²) in [6.07, 6.45) is -0.242. The number of hydrogen-bond donors (Lipinski definition) is 1. The summed E-state index contributed by atoms with van der Waals surface area (Å²) in [4.78, 5) is 24.2. The Labute approximate surface area is 191 Å². The SMILES string of the molecule is COCP(=O)(NC(C)C(=O)OCOC(=O)C(C)(C)C)Oc1c(C(C)C)cccc1C(C)C. The average molecular weight is 472 g/mol. The van der Waals surface area contributed by atoms with Gasteiger partial charge in [0, 0.05) is 7.11 Å². The lowest BCUT2D eigenvalue weighted by Crippen LogP contribution is -2.36. The van der Waals surface area contributed by atoms with Gasteiger partial charge in [0.2, 0.25) is 6.79 Å². The van der Waals surface area contributed by atoms with E-state index in [0.29, 0.717) is 5.75 Å². The van der Waals surface area contributed by atoms with Crippen molar-refractivity contribution in [3.63, 3.8) is 0 Å². The van der Waals surface area contributed by atoms with Crippen LogP contribution < -0.4 is 9.61 Å². The molecule has 1 aromatic rings. The lowest BCUT2D eigenvalue weighted by atomic mass is 9.94. The predicted octanol–water partition coefficient (Wildman–Crippen LogP) is 5.18. The van der Waals surface area contributed by atoms with Crippen LogP contribution in [-0.4, -0.2) is 38.2 Å². The molecule has 32 heavy (non-hydrogen) atoms. The van der Waals surface area contributed by atoms with Gasteiger partial charge in [-0.1, -0.05) is 45.9 Å². The van der Waals surface area contributed by atoms with E-state index in [0.717, 1.165) is 11.1 Å². The Bertz CT molecular complexity index is 804. The highest BCUT2D eigenvalue weighted by Crippen LogP contribution is 2.48. The molecular formula is C23H38NO7P.